The maximum Gasteiger partial charge on any atom is 0.322 e. The van der Waals surface area contributed by atoms with E-state index in [0.717, 1.165) is 26.1 Å². The smallest absolute Gasteiger partial charge is 0.322 e. The summed E-state index contributed by atoms with van der Waals surface area (Å²) in [6.07, 6.45) is 3.39. The summed E-state index contributed by atoms with van der Waals surface area (Å²) in [6.45, 7) is 9.09. The lowest BCUT2D eigenvalue weighted by Gasteiger charge is -2.42. The first-order valence-corrected chi connectivity index (χ1v) is 7.63. The number of morpholine rings is 1. The van der Waals surface area contributed by atoms with Gasteiger partial charge in [0.05, 0.1) is 18.8 Å². The van der Waals surface area contributed by atoms with Crippen molar-refractivity contribution < 1.29 is 14.3 Å². The van der Waals surface area contributed by atoms with Crippen molar-refractivity contribution in [2.24, 2.45) is 0 Å². The highest BCUT2D eigenvalue weighted by molar-refractivity contribution is 5.75. The number of nitrogens with one attached hydrogen (secondary N) is 1. The van der Waals surface area contributed by atoms with Gasteiger partial charge in [-0.25, -0.2) is 0 Å². The fourth-order valence-corrected chi connectivity index (χ4v) is 3.01. The maximum atomic E-state index is 11.8. The Hall–Kier alpha value is -0.650. The standard InChI is InChI=1S/C15H28N2O3/c1-11-9-17(10-15(2,3)20-11)8-7-13(14(18)19-4)16-12-5-6-12/h11-13,16H,5-10H2,1-4H3. The van der Waals surface area contributed by atoms with Gasteiger partial charge in [0.15, 0.2) is 0 Å². The van der Waals surface area contributed by atoms with E-state index < -0.39 is 0 Å². The Labute approximate surface area is 122 Å². The summed E-state index contributed by atoms with van der Waals surface area (Å²) in [7, 11) is 1.46. The summed E-state index contributed by atoms with van der Waals surface area (Å²) in [4.78, 5) is 14.2. The molecular weight excluding hydrogens is 256 g/mol. The van der Waals surface area contributed by atoms with Crippen molar-refractivity contribution >= 4 is 5.97 Å². The molecule has 2 unspecified atom stereocenters. The normalized spacial score (nSPS) is 28.1. The van der Waals surface area contributed by atoms with E-state index in [1.54, 1.807) is 0 Å². The van der Waals surface area contributed by atoms with Crippen LogP contribution in [-0.2, 0) is 14.3 Å². The van der Waals surface area contributed by atoms with Crippen molar-refractivity contribution in [3.05, 3.63) is 0 Å². The molecule has 1 aliphatic heterocycles. The van der Waals surface area contributed by atoms with E-state index in [9.17, 15) is 4.79 Å². The first kappa shape index (κ1) is 15.7. The molecule has 5 heteroatoms. The lowest BCUT2D eigenvalue weighted by Crippen LogP contribution is -2.53. The third-order valence-electron chi connectivity index (χ3n) is 3.87. The number of rotatable bonds is 6. The van der Waals surface area contributed by atoms with E-state index in [1.807, 2.05) is 0 Å². The molecule has 1 heterocycles. The number of ether oxygens (including phenoxy) is 2. The predicted molar refractivity (Wildman–Crippen MR) is 77.6 cm³/mol. The number of hydrogen-bond donors (Lipinski definition) is 1. The Bertz CT molecular complexity index is 342. The summed E-state index contributed by atoms with van der Waals surface area (Å²) >= 11 is 0. The van der Waals surface area contributed by atoms with Gasteiger partial charge in [-0.3, -0.25) is 9.69 Å². The Kier molecular flexibility index (Phi) is 5.04. The van der Waals surface area contributed by atoms with Crippen LogP contribution in [0.1, 0.15) is 40.0 Å². The van der Waals surface area contributed by atoms with Crippen molar-refractivity contribution in [3.8, 4) is 0 Å². The Morgan fingerprint density at radius 3 is 2.75 bits per heavy atom. The fourth-order valence-electron chi connectivity index (χ4n) is 3.01. The van der Waals surface area contributed by atoms with Crippen LogP contribution in [0.3, 0.4) is 0 Å². The molecule has 2 aliphatic rings. The molecule has 2 atom stereocenters. The molecule has 2 fully saturated rings. The highest BCUT2D eigenvalue weighted by Gasteiger charge is 2.33. The van der Waals surface area contributed by atoms with E-state index in [4.69, 9.17) is 9.47 Å². The van der Waals surface area contributed by atoms with Gasteiger partial charge in [-0.05, 0) is 40.0 Å². The molecule has 2 rings (SSSR count). The van der Waals surface area contributed by atoms with Crippen LogP contribution in [0.5, 0.6) is 0 Å². The average Bonchev–Trinajstić information content (AvgIpc) is 3.14. The van der Waals surface area contributed by atoms with Gasteiger partial charge in [-0.2, -0.15) is 0 Å². The van der Waals surface area contributed by atoms with E-state index in [2.05, 4.69) is 31.0 Å². The van der Waals surface area contributed by atoms with Crippen LogP contribution >= 0.6 is 0 Å². The van der Waals surface area contributed by atoms with Crippen molar-refractivity contribution in [1.82, 2.24) is 10.2 Å². The number of carbonyl (C=O) groups excluding carboxylic acids is 1. The van der Waals surface area contributed by atoms with Crippen molar-refractivity contribution in [2.75, 3.05) is 26.7 Å². The minimum atomic E-state index is -0.172. The van der Waals surface area contributed by atoms with E-state index in [0.29, 0.717) is 6.04 Å². The van der Waals surface area contributed by atoms with Crippen LogP contribution in [0.15, 0.2) is 0 Å². The van der Waals surface area contributed by atoms with Gasteiger partial charge in [0.2, 0.25) is 0 Å². The third kappa shape index (κ3) is 4.72. The van der Waals surface area contributed by atoms with E-state index in [1.165, 1.54) is 20.0 Å². The molecule has 0 bridgehead atoms. The molecule has 1 saturated heterocycles. The maximum absolute atomic E-state index is 11.8. The zero-order valence-corrected chi connectivity index (χ0v) is 13.1. The van der Waals surface area contributed by atoms with Gasteiger partial charge in [0.25, 0.3) is 0 Å². The molecule has 20 heavy (non-hydrogen) atoms. The summed E-state index contributed by atoms with van der Waals surface area (Å²) in [6, 6.07) is 0.341. The lowest BCUT2D eigenvalue weighted by atomic mass is 10.0. The van der Waals surface area contributed by atoms with Gasteiger partial charge in [-0.1, -0.05) is 0 Å². The number of hydrogen-bond acceptors (Lipinski definition) is 5. The molecule has 0 aromatic heterocycles. The van der Waals surface area contributed by atoms with Gasteiger partial charge in [0.1, 0.15) is 6.04 Å². The second-order valence-corrected chi connectivity index (χ2v) is 6.73. The SMILES string of the molecule is COC(=O)C(CCN1CC(C)OC(C)(C)C1)NC1CC1. The minimum absolute atomic E-state index is 0.109. The largest absolute Gasteiger partial charge is 0.468 e. The third-order valence-corrected chi connectivity index (χ3v) is 3.87. The number of methoxy groups -OCH3 is 1. The zero-order valence-electron chi connectivity index (χ0n) is 13.1. The summed E-state index contributed by atoms with van der Waals surface area (Å²) in [5, 5.41) is 3.38. The van der Waals surface area contributed by atoms with Gasteiger partial charge in [0, 0.05) is 25.7 Å². The van der Waals surface area contributed by atoms with Gasteiger partial charge < -0.3 is 14.8 Å². The molecule has 0 amide bonds. The lowest BCUT2D eigenvalue weighted by molar-refractivity contribution is -0.144. The van der Waals surface area contributed by atoms with Gasteiger partial charge in [-0.15, -0.1) is 0 Å². The molecule has 0 radical (unpaired) electrons. The first-order valence-electron chi connectivity index (χ1n) is 7.63. The zero-order chi connectivity index (χ0) is 14.8. The van der Waals surface area contributed by atoms with Gasteiger partial charge >= 0.3 is 5.97 Å². The molecule has 116 valence electrons. The topological polar surface area (TPSA) is 50.8 Å². The average molecular weight is 284 g/mol. The monoisotopic (exact) mass is 284 g/mol. The molecule has 0 aromatic carbocycles. The van der Waals surface area contributed by atoms with Crippen LogP contribution < -0.4 is 5.32 Å². The van der Waals surface area contributed by atoms with Crippen LogP contribution in [0.2, 0.25) is 0 Å². The van der Waals surface area contributed by atoms with E-state index in [-0.39, 0.29) is 23.7 Å². The number of nitrogens with zero attached hydrogens (tertiary/aromatic N) is 1. The molecule has 1 saturated carbocycles. The molecule has 1 N–H and O–H groups in total. The predicted octanol–water partition coefficient (Wildman–Crippen LogP) is 1.17. The molecule has 1 aliphatic carbocycles. The summed E-state index contributed by atoms with van der Waals surface area (Å²) < 4.78 is 10.8. The summed E-state index contributed by atoms with van der Waals surface area (Å²) in [5.41, 5.74) is -0.109. The van der Waals surface area contributed by atoms with Crippen molar-refractivity contribution in [3.63, 3.8) is 0 Å². The summed E-state index contributed by atoms with van der Waals surface area (Å²) in [5.74, 6) is -0.141. The molecular formula is C15H28N2O3. The second kappa shape index (κ2) is 6.41. The van der Waals surface area contributed by atoms with Crippen molar-refractivity contribution in [2.45, 2.75) is 63.8 Å². The quantitative estimate of drug-likeness (QED) is 0.742. The Balaban J connectivity index is 1.83. The molecule has 0 spiro atoms. The Morgan fingerprint density at radius 2 is 2.20 bits per heavy atom. The van der Waals surface area contributed by atoms with Crippen molar-refractivity contribution in [1.29, 1.82) is 0 Å². The highest BCUT2D eigenvalue weighted by atomic mass is 16.5. The van der Waals surface area contributed by atoms with E-state index >= 15 is 0 Å². The van der Waals surface area contributed by atoms with Crippen LogP contribution in [0.25, 0.3) is 0 Å². The highest BCUT2D eigenvalue weighted by Crippen LogP contribution is 2.22. The number of carbonyl (C=O) groups is 1. The molecule has 0 aromatic rings. The minimum Gasteiger partial charge on any atom is -0.468 e. The second-order valence-electron chi connectivity index (χ2n) is 6.73. The van der Waals surface area contributed by atoms with Crippen LogP contribution in [0, 0.1) is 0 Å². The Morgan fingerprint density at radius 1 is 1.50 bits per heavy atom. The first-order chi connectivity index (χ1) is 9.39. The van der Waals surface area contributed by atoms with Crippen LogP contribution in [-0.4, -0.2) is 61.4 Å². The fraction of sp³-hybridized carbons (Fsp3) is 0.933. The number of esters is 1. The molecule has 5 nitrogen and oxygen atoms in total. The van der Waals surface area contributed by atoms with Crippen LogP contribution in [0.4, 0.5) is 0 Å².